The maximum Gasteiger partial charge on any atom is 0.176 e. The maximum absolute atomic E-state index is 11.8. The second kappa shape index (κ2) is 4.34. The second-order valence-corrected chi connectivity index (χ2v) is 5.79. The first-order chi connectivity index (χ1) is 8.45. The normalized spacial score (nSPS) is 11.4. The van der Waals surface area contributed by atoms with Crippen LogP contribution in [0.3, 0.4) is 0 Å². The number of aromatic amines is 1. The van der Waals surface area contributed by atoms with E-state index in [1.54, 1.807) is 12.1 Å². The van der Waals surface area contributed by atoms with E-state index in [4.69, 9.17) is 10.5 Å². The molecule has 18 heavy (non-hydrogen) atoms. The highest BCUT2D eigenvalue weighted by Crippen LogP contribution is 2.37. The van der Waals surface area contributed by atoms with Gasteiger partial charge in [0.1, 0.15) is 11.6 Å². The minimum Gasteiger partial charge on any atom is -0.496 e. The molecule has 7 heteroatoms. The first-order valence-electron chi connectivity index (χ1n) is 5.11. The van der Waals surface area contributed by atoms with Crippen LogP contribution in [0.5, 0.6) is 5.75 Å². The molecule has 6 nitrogen and oxygen atoms in total. The van der Waals surface area contributed by atoms with E-state index in [9.17, 15) is 8.42 Å². The molecule has 1 heterocycles. The van der Waals surface area contributed by atoms with Crippen molar-refractivity contribution in [3.05, 3.63) is 24.4 Å². The van der Waals surface area contributed by atoms with Crippen molar-refractivity contribution in [2.24, 2.45) is 0 Å². The summed E-state index contributed by atoms with van der Waals surface area (Å²) >= 11 is 0. The van der Waals surface area contributed by atoms with Gasteiger partial charge in [-0.2, -0.15) is 5.10 Å². The van der Waals surface area contributed by atoms with Gasteiger partial charge in [-0.05, 0) is 12.1 Å². The van der Waals surface area contributed by atoms with Crippen molar-refractivity contribution in [3.63, 3.8) is 0 Å². The molecule has 1 aromatic heterocycles. The monoisotopic (exact) mass is 267 g/mol. The van der Waals surface area contributed by atoms with Crippen LogP contribution in [0.1, 0.15) is 0 Å². The Kier molecular flexibility index (Phi) is 3.00. The van der Waals surface area contributed by atoms with Crippen molar-refractivity contribution in [2.45, 2.75) is 4.90 Å². The predicted molar refractivity (Wildman–Crippen MR) is 68.1 cm³/mol. The topological polar surface area (TPSA) is 98.1 Å². The van der Waals surface area contributed by atoms with Gasteiger partial charge in [0.25, 0.3) is 0 Å². The van der Waals surface area contributed by atoms with Crippen LogP contribution in [0.4, 0.5) is 5.82 Å². The maximum atomic E-state index is 11.8. The summed E-state index contributed by atoms with van der Waals surface area (Å²) in [7, 11) is -1.91. The van der Waals surface area contributed by atoms with E-state index < -0.39 is 9.84 Å². The predicted octanol–water partition coefficient (Wildman–Crippen LogP) is 1.07. The van der Waals surface area contributed by atoms with Gasteiger partial charge in [0.2, 0.25) is 0 Å². The van der Waals surface area contributed by atoms with Gasteiger partial charge in [-0.15, -0.1) is 0 Å². The Morgan fingerprint density at radius 2 is 2.11 bits per heavy atom. The first-order valence-corrected chi connectivity index (χ1v) is 7.00. The van der Waals surface area contributed by atoms with Crippen molar-refractivity contribution >= 4 is 15.7 Å². The third kappa shape index (κ3) is 2.04. The van der Waals surface area contributed by atoms with E-state index in [1.165, 1.54) is 19.4 Å². The lowest BCUT2D eigenvalue weighted by Crippen LogP contribution is -2.02. The summed E-state index contributed by atoms with van der Waals surface area (Å²) in [6.45, 7) is 0. The van der Waals surface area contributed by atoms with Crippen molar-refractivity contribution in [1.29, 1.82) is 0 Å². The lowest BCUT2D eigenvalue weighted by atomic mass is 10.1. The lowest BCUT2D eigenvalue weighted by Gasteiger charge is -2.11. The number of nitrogens with two attached hydrogens (primary N) is 1. The largest absolute Gasteiger partial charge is 0.496 e. The van der Waals surface area contributed by atoms with Gasteiger partial charge in [0.05, 0.1) is 18.2 Å². The Morgan fingerprint density at radius 3 is 2.61 bits per heavy atom. The molecule has 0 aliphatic carbocycles. The molecule has 3 N–H and O–H groups in total. The fourth-order valence-corrected chi connectivity index (χ4v) is 2.66. The summed E-state index contributed by atoms with van der Waals surface area (Å²) in [6.07, 6.45) is 2.61. The number of anilines is 1. The van der Waals surface area contributed by atoms with Crippen LogP contribution in [-0.2, 0) is 9.84 Å². The molecular formula is C11H13N3O3S. The molecule has 0 bridgehead atoms. The van der Waals surface area contributed by atoms with Gasteiger partial charge in [-0.3, -0.25) is 5.10 Å². The van der Waals surface area contributed by atoms with Gasteiger partial charge in [0, 0.05) is 17.4 Å². The molecule has 0 atom stereocenters. The van der Waals surface area contributed by atoms with Crippen LogP contribution in [0, 0.1) is 0 Å². The van der Waals surface area contributed by atoms with Gasteiger partial charge >= 0.3 is 0 Å². The molecule has 0 radical (unpaired) electrons. The molecule has 2 rings (SSSR count). The third-order valence-electron chi connectivity index (χ3n) is 2.55. The minimum atomic E-state index is -3.39. The standard InChI is InChI=1S/C11H13N3O3S/c1-17-8-4-3-5-9(18(2,15)16)10(8)7-6-13-14-11(7)12/h3-6H,1-2H3,(H3,12,13,14). The number of methoxy groups -OCH3 is 1. The van der Waals surface area contributed by atoms with E-state index in [2.05, 4.69) is 10.2 Å². The fourth-order valence-electron chi connectivity index (χ4n) is 1.75. The number of H-pyrrole nitrogens is 1. The SMILES string of the molecule is COc1cccc(S(C)(=O)=O)c1-c1cn[nH]c1N. The number of sulfone groups is 1. The Bertz CT molecular complexity index is 677. The molecular weight excluding hydrogens is 254 g/mol. The van der Waals surface area contributed by atoms with Crippen molar-refractivity contribution < 1.29 is 13.2 Å². The number of nitrogen functional groups attached to an aromatic ring is 1. The molecule has 0 saturated heterocycles. The fraction of sp³-hybridized carbons (Fsp3) is 0.182. The molecule has 2 aromatic rings. The quantitative estimate of drug-likeness (QED) is 0.866. The van der Waals surface area contributed by atoms with Crippen LogP contribution in [-0.4, -0.2) is 32.0 Å². The van der Waals surface area contributed by atoms with E-state index >= 15 is 0 Å². The average molecular weight is 267 g/mol. The summed E-state index contributed by atoms with van der Waals surface area (Å²) in [6, 6.07) is 4.81. The van der Waals surface area contributed by atoms with E-state index in [-0.39, 0.29) is 4.90 Å². The number of nitrogens with one attached hydrogen (secondary N) is 1. The van der Waals surface area contributed by atoms with Crippen molar-refractivity contribution in [1.82, 2.24) is 10.2 Å². The smallest absolute Gasteiger partial charge is 0.176 e. The van der Waals surface area contributed by atoms with Gasteiger partial charge < -0.3 is 10.5 Å². The van der Waals surface area contributed by atoms with E-state index in [1.807, 2.05) is 0 Å². The lowest BCUT2D eigenvalue weighted by molar-refractivity contribution is 0.415. The van der Waals surface area contributed by atoms with Gasteiger partial charge in [-0.1, -0.05) is 6.07 Å². The summed E-state index contributed by atoms with van der Waals surface area (Å²) in [5, 5.41) is 6.37. The summed E-state index contributed by atoms with van der Waals surface area (Å²) in [5.74, 6) is 0.732. The zero-order chi connectivity index (χ0) is 13.3. The average Bonchev–Trinajstić information content (AvgIpc) is 2.73. The minimum absolute atomic E-state index is 0.162. The van der Waals surface area contributed by atoms with Crippen LogP contribution in [0.2, 0.25) is 0 Å². The molecule has 0 spiro atoms. The van der Waals surface area contributed by atoms with Crippen molar-refractivity contribution in [2.75, 3.05) is 19.1 Å². The highest BCUT2D eigenvalue weighted by atomic mass is 32.2. The molecule has 1 aromatic carbocycles. The van der Waals surface area contributed by atoms with Gasteiger partial charge in [0.15, 0.2) is 9.84 Å². The molecule has 0 fully saturated rings. The number of hydrogen-bond donors (Lipinski definition) is 2. The molecule has 0 saturated carbocycles. The molecule has 0 aliphatic rings. The highest BCUT2D eigenvalue weighted by molar-refractivity contribution is 7.90. The Labute approximate surface area is 105 Å². The highest BCUT2D eigenvalue weighted by Gasteiger charge is 2.21. The van der Waals surface area contributed by atoms with Crippen LogP contribution < -0.4 is 10.5 Å². The zero-order valence-corrected chi connectivity index (χ0v) is 10.8. The summed E-state index contributed by atoms with van der Waals surface area (Å²) in [5.41, 5.74) is 6.67. The molecule has 0 unspecified atom stereocenters. The van der Waals surface area contributed by atoms with Crippen LogP contribution >= 0.6 is 0 Å². The summed E-state index contributed by atoms with van der Waals surface area (Å²) < 4.78 is 28.8. The van der Waals surface area contributed by atoms with Crippen molar-refractivity contribution in [3.8, 4) is 16.9 Å². The molecule has 0 amide bonds. The second-order valence-electron chi connectivity index (χ2n) is 3.80. The Hall–Kier alpha value is -2.02. The van der Waals surface area contributed by atoms with E-state index in [0.29, 0.717) is 22.7 Å². The number of rotatable bonds is 3. The number of aromatic nitrogens is 2. The molecule has 0 aliphatic heterocycles. The number of nitrogens with zero attached hydrogens (tertiary/aromatic N) is 1. The van der Waals surface area contributed by atoms with Crippen LogP contribution in [0.25, 0.3) is 11.1 Å². The number of hydrogen-bond acceptors (Lipinski definition) is 5. The summed E-state index contributed by atoms with van der Waals surface area (Å²) in [4.78, 5) is 0.162. The first kappa shape index (κ1) is 12.4. The number of benzene rings is 1. The molecule has 96 valence electrons. The third-order valence-corrected chi connectivity index (χ3v) is 3.68. The van der Waals surface area contributed by atoms with Gasteiger partial charge in [-0.25, -0.2) is 8.42 Å². The van der Waals surface area contributed by atoms with E-state index in [0.717, 1.165) is 6.26 Å². The zero-order valence-electron chi connectivity index (χ0n) is 9.97. The Balaban J connectivity index is 2.83. The number of ether oxygens (including phenoxy) is 1. The Morgan fingerprint density at radius 1 is 1.39 bits per heavy atom. The van der Waals surface area contributed by atoms with Crippen LogP contribution in [0.15, 0.2) is 29.3 Å².